The van der Waals surface area contributed by atoms with Crippen LogP contribution in [-0.2, 0) is 4.74 Å². The number of methoxy groups -OCH3 is 1. The summed E-state index contributed by atoms with van der Waals surface area (Å²) >= 11 is 0. The molecule has 1 saturated heterocycles. The van der Waals surface area contributed by atoms with Crippen molar-refractivity contribution in [3.63, 3.8) is 0 Å². The summed E-state index contributed by atoms with van der Waals surface area (Å²) in [7, 11) is 1.64. The van der Waals surface area contributed by atoms with Gasteiger partial charge in [0, 0.05) is 56.0 Å². The van der Waals surface area contributed by atoms with Crippen LogP contribution in [0.1, 0.15) is 18.0 Å². The summed E-state index contributed by atoms with van der Waals surface area (Å²) in [4.78, 5) is 26.6. The van der Waals surface area contributed by atoms with Crippen LogP contribution in [0.4, 0.5) is 16.2 Å². The van der Waals surface area contributed by atoms with Crippen molar-refractivity contribution >= 4 is 17.5 Å². The number of amides is 1. The van der Waals surface area contributed by atoms with E-state index in [0.717, 1.165) is 37.6 Å². The maximum Gasteiger partial charge on any atom is 0.404 e. The van der Waals surface area contributed by atoms with Crippen LogP contribution in [0, 0.1) is 10.1 Å². The Bertz CT molecular complexity index is 866. The highest BCUT2D eigenvalue weighted by Gasteiger charge is 2.30. The number of para-hydroxylation sites is 1. The van der Waals surface area contributed by atoms with E-state index in [0.29, 0.717) is 12.0 Å². The van der Waals surface area contributed by atoms with Gasteiger partial charge in [0.1, 0.15) is 5.75 Å². The summed E-state index contributed by atoms with van der Waals surface area (Å²) in [5.41, 5.74) is 6.87. The Balaban J connectivity index is 1.74. The van der Waals surface area contributed by atoms with Crippen molar-refractivity contribution in [3.05, 3.63) is 64.2 Å². The Morgan fingerprint density at radius 1 is 1.13 bits per heavy atom. The van der Waals surface area contributed by atoms with Crippen LogP contribution in [0.2, 0.25) is 0 Å². The number of hydrogen-bond donors (Lipinski definition) is 1. The zero-order chi connectivity index (χ0) is 21.5. The van der Waals surface area contributed by atoms with Crippen molar-refractivity contribution in [2.45, 2.75) is 12.5 Å². The molecule has 1 heterocycles. The third kappa shape index (κ3) is 5.18. The quantitative estimate of drug-likeness (QED) is 0.522. The van der Waals surface area contributed by atoms with Gasteiger partial charge in [-0.15, -0.1) is 0 Å². The summed E-state index contributed by atoms with van der Waals surface area (Å²) in [5, 5.41) is 11.5. The SMILES string of the molecule is COc1ccc(N2CCN(C(CCOC(N)=O)c3ccccc3[N+](=O)[O-])CC2)cc1. The molecule has 0 spiro atoms. The summed E-state index contributed by atoms with van der Waals surface area (Å²) in [5.74, 6) is 0.809. The monoisotopic (exact) mass is 414 g/mol. The molecule has 0 aliphatic carbocycles. The maximum absolute atomic E-state index is 11.5. The first kappa shape index (κ1) is 21.4. The van der Waals surface area contributed by atoms with E-state index in [1.165, 1.54) is 6.07 Å². The molecule has 2 N–H and O–H groups in total. The number of ether oxygens (including phenoxy) is 2. The first-order chi connectivity index (χ1) is 14.5. The van der Waals surface area contributed by atoms with Crippen molar-refractivity contribution in [1.82, 2.24) is 4.90 Å². The van der Waals surface area contributed by atoms with E-state index in [9.17, 15) is 14.9 Å². The molecule has 1 amide bonds. The Hall–Kier alpha value is -3.33. The standard InChI is InChI=1S/C21H26N4O5/c1-29-17-8-6-16(7-9-17)23-11-13-24(14-12-23)19(10-15-30-21(22)26)18-4-2-3-5-20(18)25(27)28/h2-9,19H,10-15H2,1H3,(H2,22,26). The molecule has 0 radical (unpaired) electrons. The first-order valence-corrected chi connectivity index (χ1v) is 9.78. The van der Waals surface area contributed by atoms with Gasteiger partial charge in [0.05, 0.1) is 18.6 Å². The average molecular weight is 414 g/mol. The lowest BCUT2D eigenvalue weighted by molar-refractivity contribution is -0.386. The molecule has 1 unspecified atom stereocenters. The lowest BCUT2D eigenvalue weighted by atomic mass is 9.99. The highest BCUT2D eigenvalue weighted by molar-refractivity contribution is 5.64. The summed E-state index contributed by atoms with van der Waals surface area (Å²) in [6.45, 7) is 3.10. The number of hydrogen-bond acceptors (Lipinski definition) is 7. The van der Waals surface area contributed by atoms with Gasteiger partial charge in [0.25, 0.3) is 5.69 Å². The van der Waals surface area contributed by atoms with E-state index < -0.39 is 6.09 Å². The van der Waals surface area contributed by atoms with Gasteiger partial charge in [0.2, 0.25) is 0 Å². The average Bonchev–Trinajstić information content (AvgIpc) is 2.77. The van der Waals surface area contributed by atoms with Gasteiger partial charge in [-0.3, -0.25) is 15.0 Å². The second-order valence-electron chi connectivity index (χ2n) is 7.01. The van der Waals surface area contributed by atoms with Crippen LogP contribution in [0.15, 0.2) is 48.5 Å². The molecule has 0 bridgehead atoms. The van der Waals surface area contributed by atoms with Gasteiger partial charge in [-0.25, -0.2) is 4.79 Å². The molecule has 1 aliphatic rings. The van der Waals surface area contributed by atoms with Crippen molar-refractivity contribution in [1.29, 1.82) is 0 Å². The van der Waals surface area contributed by atoms with Gasteiger partial charge >= 0.3 is 6.09 Å². The van der Waals surface area contributed by atoms with Crippen molar-refractivity contribution in [2.24, 2.45) is 5.73 Å². The minimum Gasteiger partial charge on any atom is -0.497 e. The van der Waals surface area contributed by atoms with Crippen molar-refractivity contribution in [2.75, 3.05) is 44.8 Å². The number of carbonyl (C=O) groups excluding carboxylic acids is 1. The fourth-order valence-corrected chi connectivity index (χ4v) is 3.83. The van der Waals surface area contributed by atoms with E-state index in [1.54, 1.807) is 25.3 Å². The molecule has 160 valence electrons. The lowest BCUT2D eigenvalue weighted by Crippen LogP contribution is -2.48. The maximum atomic E-state index is 11.5. The van der Waals surface area contributed by atoms with E-state index in [-0.39, 0.29) is 23.3 Å². The normalized spacial score (nSPS) is 15.4. The number of primary amides is 1. The molecule has 9 nitrogen and oxygen atoms in total. The molecule has 1 aliphatic heterocycles. The summed E-state index contributed by atoms with van der Waals surface area (Å²) < 4.78 is 10.1. The number of rotatable bonds is 8. The van der Waals surface area contributed by atoms with Crippen LogP contribution in [0.5, 0.6) is 5.75 Å². The molecule has 0 aromatic heterocycles. The second kappa shape index (κ2) is 9.93. The highest BCUT2D eigenvalue weighted by Crippen LogP contribution is 2.33. The second-order valence-corrected chi connectivity index (χ2v) is 7.01. The van der Waals surface area contributed by atoms with Crippen LogP contribution < -0.4 is 15.4 Å². The van der Waals surface area contributed by atoms with Gasteiger partial charge < -0.3 is 20.1 Å². The Labute approximate surface area is 175 Å². The molecular weight excluding hydrogens is 388 g/mol. The molecule has 9 heteroatoms. The molecule has 1 fully saturated rings. The van der Waals surface area contributed by atoms with E-state index in [1.807, 2.05) is 24.3 Å². The molecule has 2 aromatic carbocycles. The van der Waals surface area contributed by atoms with Gasteiger partial charge in [0.15, 0.2) is 0 Å². The molecule has 2 aromatic rings. The third-order valence-electron chi connectivity index (χ3n) is 5.32. The van der Waals surface area contributed by atoms with Crippen molar-refractivity contribution < 1.29 is 19.2 Å². The van der Waals surface area contributed by atoms with E-state index >= 15 is 0 Å². The topological polar surface area (TPSA) is 111 Å². The summed E-state index contributed by atoms with van der Waals surface area (Å²) in [6, 6.07) is 14.4. The molecule has 30 heavy (non-hydrogen) atoms. The largest absolute Gasteiger partial charge is 0.497 e. The van der Waals surface area contributed by atoms with Crippen LogP contribution in [0.3, 0.4) is 0 Å². The Morgan fingerprint density at radius 2 is 1.80 bits per heavy atom. The minimum atomic E-state index is -0.847. The number of nitro groups is 1. The Kier molecular flexibility index (Phi) is 7.08. The van der Waals surface area contributed by atoms with Crippen molar-refractivity contribution in [3.8, 4) is 5.75 Å². The predicted molar refractivity (Wildman–Crippen MR) is 113 cm³/mol. The number of nitro benzene ring substituents is 1. The molecular formula is C21H26N4O5. The fraction of sp³-hybridized carbons (Fsp3) is 0.381. The number of anilines is 1. The predicted octanol–water partition coefficient (Wildman–Crippen LogP) is 2.95. The van der Waals surface area contributed by atoms with Crippen LogP contribution in [-0.4, -0.2) is 55.8 Å². The minimum absolute atomic E-state index is 0.0687. The first-order valence-electron chi connectivity index (χ1n) is 9.78. The van der Waals surface area contributed by atoms with E-state index in [2.05, 4.69) is 9.80 Å². The van der Waals surface area contributed by atoms with Crippen LogP contribution in [0.25, 0.3) is 0 Å². The number of nitrogens with two attached hydrogens (primary N) is 1. The Morgan fingerprint density at radius 3 is 2.40 bits per heavy atom. The van der Waals surface area contributed by atoms with E-state index in [4.69, 9.17) is 15.2 Å². The van der Waals surface area contributed by atoms with Crippen LogP contribution >= 0.6 is 0 Å². The molecule has 0 saturated carbocycles. The lowest BCUT2D eigenvalue weighted by Gasteiger charge is -2.40. The number of nitrogens with zero attached hydrogens (tertiary/aromatic N) is 3. The number of piperazine rings is 1. The molecule has 3 rings (SSSR count). The van der Waals surface area contributed by atoms with Gasteiger partial charge in [-0.2, -0.15) is 0 Å². The van der Waals surface area contributed by atoms with Gasteiger partial charge in [-0.05, 0) is 24.3 Å². The molecule has 1 atom stereocenters. The smallest absolute Gasteiger partial charge is 0.404 e. The highest BCUT2D eigenvalue weighted by atomic mass is 16.6. The zero-order valence-electron chi connectivity index (χ0n) is 16.9. The number of benzene rings is 2. The third-order valence-corrected chi connectivity index (χ3v) is 5.32. The fourth-order valence-electron chi connectivity index (χ4n) is 3.83. The zero-order valence-corrected chi connectivity index (χ0v) is 16.9. The summed E-state index contributed by atoms with van der Waals surface area (Å²) in [6.07, 6.45) is -0.420. The van der Waals surface area contributed by atoms with Gasteiger partial charge in [-0.1, -0.05) is 18.2 Å². The number of carbonyl (C=O) groups is 1.